The van der Waals surface area contributed by atoms with Gasteiger partial charge in [-0.3, -0.25) is 0 Å². The Kier molecular flexibility index (Phi) is 3.43. The highest BCUT2D eigenvalue weighted by atomic mass is 16.5. The number of hydrogen-bond acceptors (Lipinski definition) is 1. The minimum Gasteiger partial charge on any atom is -0.487 e. The first kappa shape index (κ1) is 12.1. The summed E-state index contributed by atoms with van der Waals surface area (Å²) in [5.74, 6) is 1.56. The molecule has 2 rings (SSSR count). The van der Waals surface area contributed by atoms with Gasteiger partial charge in [-0.1, -0.05) is 32.9 Å². The lowest BCUT2D eigenvalue weighted by molar-refractivity contribution is 0.115. The molecule has 1 unspecified atom stereocenters. The summed E-state index contributed by atoms with van der Waals surface area (Å²) in [6.07, 6.45) is 0. The van der Waals surface area contributed by atoms with E-state index in [1.165, 1.54) is 11.1 Å². The predicted molar refractivity (Wildman–Crippen MR) is 65.6 cm³/mol. The standard InChI is InChI=1S/C12H16O.C2H6/c1-8-6-5-7-10-11(8)9(2)12(3,4)13-10;1-2/h5-7,9H,1-4H3;1-2H3. The molecular weight excluding hydrogens is 184 g/mol. The van der Waals surface area contributed by atoms with Crippen molar-refractivity contribution in [3.63, 3.8) is 0 Å². The van der Waals surface area contributed by atoms with Crippen LogP contribution in [-0.2, 0) is 0 Å². The number of hydrogen-bond donors (Lipinski definition) is 0. The van der Waals surface area contributed by atoms with Crippen LogP contribution in [0.1, 0.15) is 51.7 Å². The number of ether oxygens (including phenoxy) is 1. The summed E-state index contributed by atoms with van der Waals surface area (Å²) in [6, 6.07) is 6.27. The lowest BCUT2D eigenvalue weighted by Crippen LogP contribution is -2.28. The average Bonchev–Trinajstić information content (AvgIpc) is 2.42. The number of aryl methyl sites for hydroxylation is 1. The van der Waals surface area contributed by atoms with Gasteiger partial charge in [0.05, 0.1) is 0 Å². The molecule has 0 saturated carbocycles. The van der Waals surface area contributed by atoms with Crippen LogP contribution in [-0.4, -0.2) is 5.60 Å². The molecule has 1 aromatic rings. The first-order chi connectivity index (χ1) is 7.02. The maximum atomic E-state index is 5.89. The first-order valence-corrected chi connectivity index (χ1v) is 5.81. The molecular formula is C14H22O. The SMILES string of the molecule is CC.Cc1cccc2c1C(C)C(C)(C)O2. The van der Waals surface area contributed by atoms with Crippen molar-refractivity contribution >= 4 is 0 Å². The van der Waals surface area contributed by atoms with E-state index in [9.17, 15) is 0 Å². The zero-order chi connectivity index (χ0) is 11.6. The van der Waals surface area contributed by atoms with E-state index in [0.29, 0.717) is 5.92 Å². The van der Waals surface area contributed by atoms with Gasteiger partial charge in [0.2, 0.25) is 0 Å². The van der Waals surface area contributed by atoms with Crippen LogP contribution < -0.4 is 4.74 Å². The summed E-state index contributed by atoms with van der Waals surface area (Å²) >= 11 is 0. The van der Waals surface area contributed by atoms with Gasteiger partial charge in [0.15, 0.2) is 0 Å². The number of rotatable bonds is 0. The molecule has 0 radical (unpaired) electrons. The van der Waals surface area contributed by atoms with Gasteiger partial charge >= 0.3 is 0 Å². The van der Waals surface area contributed by atoms with E-state index in [-0.39, 0.29) is 5.60 Å². The van der Waals surface area contributed by atoms with Crippen molar-refractivity contribution in [2.75, 3.05) is 0 Å². The summed E-state index contributed by atoms with van der Waals surface area (Å²) in [5, 5.41) is 0. The van der Waals surface area contributed by atoms with E-state index >= 15 is 0 Å². The predicted octanol–water partition coefficient (Wildman–Crippen LogP) is 4.30. The van der Waals surface area contributed by atoms with Crippen LogP contribution in [0.15, 0.2) is 18.2 Å². The zero-order valence-electron chi connectivity index (χ0n) is 10.7. The minimum atomic E-state index is -0.0472. The van der Waals surface area contributed by atoms with Crippen LogP contribution in [0.2, 0.25) is 0 Å². The zero-order valence-corrected chi connectivity index (χ0v) is 10.7. The fourth-order valence-electron chi connectivity index (χ4n) is 2.02. The summed E-state index contributed by atoms with van der Waals surface area (Å²) in [7, 11) is 0. The molecule has 0 saturated heterocycles. The van der Waals surface area contributed by atoms with Crippen LogP contribution in [0.5, 0.6) is 5.75 Å². The molecule has 0 bridgehead atoms. The highest BCUT2D eigenvalue weighted by molar-refractivity contribution is 5.47. The van der Waals surface area contributed by atoms with Crippen molar-refractivity contribution in [3.05, 3.63) is 29.3 Å². The van der Waals surface area contributed by atoms with Crippen molar-refractivity contribution in [2.24, 2.45) is 0 Å². The van der Waals surface area contributed by atoms with Crippen molar-refractivity contribution in [2.45, 2.75) is 53.1 Å². The van der Waals surface area contributed by atoms with Gasteiger partial charge in [0, 0.05) is 11.5 Å². The number of benzene rings is 1. The smallest absolute Gasteiger partial charge is 0.124 e. The van der Waals surface area contributed by atoms with Gasteiger partial charge < -0.3 is 4.74 Å². The van der Waals surface area contributed by atoms with Crippen LogP contribution in [0.3, 0.4) is 0 Å². The van der Waals surface area contributed by atoms with Gasteiger partial charge in [-0.05, 0) is 32.4 Å². The van der Waals surface area contributed by atoms with E-state index in [2.05, 4.69) is 45.9 Å². The second-order valence-electron chi connectivity index (χ2n) is 4.41. The molecule has 1 aliphatic rings. The van der Waals surface area contributed by atoms with E-state index in [1.54, 1.807) is 0 Å². The Bertz CT molecular complexity index is 339. The fourth-order valence-corrected chi connectivity index (χ4v) is 2.02. The number of fused-ring (bicyclic) bond motifs is 1. The van der Waals surface area contributed by atoms with Gasteiger partial charge in [0.25, 0.3) is 0 Å². The molecule has 84 valence electrons. The quantitative estimate of drug-likeness (QED) is 0.615. The van der Waals surface area contributed by atoms with E-state index in [0.717, 1.165) is 5.75 Å². The summed E-state index contributed by atoms with van der Waals surface area (Å²) in [6.45, 7) is 12.7. The molecule has 0 spiro atoms. The molecule has 1 aromatic carbocycles. The van der Waals surface area contributed by atoms with Crippen molar-refractivity contribution in [1.82, 2.24) is 0 Å². The molecule has 1 aliphatic heterocycles. The van der Waals surface area contributed by atoms with Crippen molar-refractivity contribution in [1.29, 1.82) is 0 Å². The average molecular weight is 206 g/mol. The fraction of sp³-hybridized carbons (Fsp3) is 0.571. The summed E-state index contributed by atoms with van der Waals surface area (Å²) in [5.41, 5.74) is 2.68. The molecule has 0 amide bonds. The van der Waals surface area contributed by atoms with E-state index in [1.807, 2.05) is 13.8 Å². The topological polar surface area (TPSA) is 9.23 Å². The van der Waals surface area contributed by atoms with Gasteiger partial charge in [-0.15, -0.1) is 0 Å². The summed E-state index contributed by atoms with van der Waals surface area (Å²) in [4.78, 5) is 0. The van der Waals surface area contributed by atoms with E-state index < -0.39 is 0 Å². The van der Waals surface area contributed by atoms with Gasteiger partial charge in [-0.2, -0.15) is 0 Å². The third-order valence-electron chi connectivity index (χ3n) is 3.13. The Balaban J connectivity index is 0.000000531. The molecule has 0 aromatic heterocycles. The van der Waals surface area contributed by atoms with Crippen molar-refractivity contribution < 1.29 is 4.74 Å². The maximum absolute atomic E-state index is 5.89. The molecule has 0 fully saturated rings. The Morgan fingerprint density at radius 3 is 2.33 bits per heavy atom. The maximum Gasteiger partial charge on any atom is 0.124 e. The largest absolute Gasteiger partial charge is 0.487 e. The van der Waals surface area contributed by atoms with Crippen LogP contribution in [0.4, 0.5) is 0 Å². The Morgan fingerprint density at radius 1 is 1.20 bits per heavy atom. The van der Waals surface area contributed by atoms with Crippen LogP contribution in [0.25, 0.3) is 0 Å². The molecule has 1 heterocycles. The summed E-state index contributed by atoms with van der Waals surface area (Å²) < 4.78 is 5.89. The second-order valence-corrected chi connectivity index (χ2v) is 4.41. The molecule has 0 aliphatic carbocycles. The third kappa shape index (κ3) is 2.01. The highest BCUT2D eigenvalue weighted by Crippen LogP contribution is 2.45. The second kappa shape index (κ2) is 4.26. The normalized spacial score (nSPS) is 21.1. The molecule has 15 heavy (non-hydrogen) atoms. The Labute approximate surface area is 93.5 Å². The lowest BCUT2D eigenvalue weighted by Gasteiger charge is -2.23. The first-order valence-electron chi connectivity index (χ1n) is 5.81. The third-order valence-corrected chi connectivity index (χ3v) is 3.13. The van der Waals surface area contributed by atoms with Gasteiger partial charge in [0.1, 0.15) is 11.4 Å². The molecule has 1 nitrogen and oxygen atoms in total. The van der Waals surface area contributed by atoms with Crippen molar-refractivity contribution in [3.8, 4) is 5.75 Å². The monoisotopic (exact) mass is 206 g/mol. The lowest BCUT2D eigenvalue weighted by atomic mass is 9.87. The molecule has 1 heteroatoms. The Hall–Kier alpha value is -0.980. The van der Waals surface area contributed by atoms with Crippen LogP contribution in [0, 0.1) is 6.92 Å². The minimum absolute atomic E-state index is 0.0472. The van der Waals surface area contributed by atoms with Gasteiger partial charge in [-0.25, -0.2) is 0 Å². The highest BCUT2D eigenvalue weighted by Gasteiger charge is 2.38. The molecule has 1 atom stereocenters. The molecule has 0 N–H and O–H groups in total. The Morgan fingerprint density at radius 2 is 1.80 bits per heavy atom. The van der Waals surface area contributed by atoms with E-state index in [4.69, 9.17) is 4.74 Å². The van der Waals surface area contributed by atoms with Crippen LogP contribution >= 0.6 is 0 Å².